The smallest absolute Gasteiger partial charge is 0.337 e. The highest BCUT2D eigenvalue weighted by Crippen LogP contribution is 2.26. The van der Waals surface area contributed by atoms with E-state index in [1.807, 2.05) is 0 Å². The number of rotatable bonds is 4. The molecule has 0 aliphatic carbocycles. The summed E-state index contributed by atoms with van der Waals surface area (Å²) in [5, 5.41) is 0. The molecule has 122 valence electrons. The molecule has 0 unspecified atom stereocenters. The van der Waals surface area contributed by atoms with Crippen molar-refractivity contribution in [1.82, 2.24) is 0 Å². The maximum Gasteiger partial charge on any atom is 0.337 e. The fourth-order valence-corrected chi connectivity index (χ4v) is 3.34. The van der Waals surface area contributed by atoms with Gasteiger partial charge in [-0.15, -0.1) is 0 Å². The number of nitrogens with zero attached hydrogens (tertiary/aromatic N) is 1. The Balaban J connectivity index is 2.48. The van der Waals surface area contributed by atoms with Crippen LogP contribution in [0.5, 0.6) is 0 Å². The number of carbonyl (C=O) groups is 1. The van der Waals surface area contributed by atoms with Crippen LogP contribution in [0, 0.1) is 12.7 Å². The number of ether oxygens (including phenoxy) is 1. The minimum absolute atomic E-state index is 0.0377. The fraction of sp³-hybridized carbons (Fsp3) is 0.188. The average molecular weight is 337 g/mol. The van der Waals surface area contributed by atoms with Crippen LogP contribution in [0.4, 0.5) is 10.1 Å². The Labute approximate surface area is 134 Å². The Morgan fingerprint density at radius 2 is 1.74 bits per heavy atom. The molecule has 0 aliphatic heterocycles. The number of anilines is 1. The standard InChI is InChI=1S/C16H16FNO4S/c1-11-4-5-12(16(19)22-3)10-15(11)18(2)23(20,21)14-8-6-13(17)7-9-14/h4-10H,1-3H3. The molecule has 0 spiro atoms. The van der Waals surface area contributed by atoms with Gasteiger partial charge >= 0.3 is 5.97 Å². The summed E-state index contributed by atoms with van der Waals surface area (Å²) in [7, 11) is -1.24. The molecule has 0 amide bonds. The third-order valence-electron chi connectivity index (χ3n) is 3.44. The predicted octanol–water partition coefficient (Wildman–Crippen LogP) is 2.75. The second-order valence-electron chi connectivity index (χ2n) is 4.92. The maximum absolute atomic E-state index is 13.0. The van der Waals surface area contributed by atoms with Crippen LogP contribution in [0.15, 0.2) is 47.4 Å². The van der Waals surface area contributed by atoms with Crippen molar-refractivity contribution in [3.8, 4) is 0 Å². The molecule has 7 heteroatoms. The van der Waals surface area contributed by atoms with Gasteiger partial charge < -0.3 is 4.74 Å². The summed E-state index contributed by atoms with van der Waals surface area (Å²) in [5.74, 6) is -1.07. The van der Waals surface area contributed by atoms with E-state index in [1.54, 1.807) is 19.1 Å². The van der Waals surface area contributed by atoms with Gasteiger partial charge in [-0.1, -0.05) is 6.07 Å². The molecule has 0 aromatic heterocycles. The molecule has 0 heterocycles. The summed E-state index contributed by atoms with van der Waals surface area (Å²) in [6, 6.07) is 9.20. The van der Waals surface area contributed by atoms with Crippen LogP contribution in [-0.2, 0) is 14.8 Å². The third kappa shape index (κ3) is 3.34. The van der Waals surface area contributed by atoms with Crippen molar-refractivity contribution in [3.05, 3.63) is 59.4 Å². The van der Waals surface area contributed by atoms with Crippen molar-refractivity contribution in [2.45, 2.75) is 11.8 Å². The zero-order valence-corrected chi connectivity index (χ0v) is 13.7. The van der Waals surface area contributed by atoms with E-state index >= 15 is 0 Å². The lowest BCUT2D eigenvalue weighted by Crippen LogP contribution is -2.27. The molecule has 2 aromatic rings. The van der Waals surface area contributed by atoms with Crippen LogP contribution in [0.25, 0.3) is 0 Å². The van der Waals surface area contributed by atoms with Gasteiger partial charge in [-0.05, 0) is 48.9 Å². The molecule has 0 atom stereocenters. The van der Waals surface area contributed by atoms with E-state index in [0.717, 1.165) is 16.4 Å². The first-order valence-electron chi connectivity index (χ1n) is 6.71. The van der Waals surface area contributed by atoms with E-state index < -0.39 is 21.8 Å². The summed E-state index contributed by atoms with van der Waals surface area (Å²) in [6.07, 6.45) is 0. The largest absolute Gasteiger partial charge is 0.465 e. The first-order valence-corrected chi connectivity index (χ1v) is 8.15. The van der Waals surface area contributed by atoms with Crippen molar-refractivity contribution < 1.29 is 22.3 Å². The Hall–Kier alpha value is -2.41. The average Bonchev–Trinajstić information content (AvgIpc) is 2.54. The number of sulfonamides is 1. The molecule has 0 fully saturated rings. The van der Waals surface area contributed by atoms with Gasteiger partial charge in [0.25, 0.3) is 10.0 Å². The van der Waals surface area contributed by atoms with E-state index in [9.17, 15) is 17.6 Å². The summed E-state index contributed by atoms with van der Waals surface area (Å²) in [5.41, 5.74) is 1.26. The molecule has 0 radical (unpaired) electrons. The fourth-order valence-electron chi connectivity index (χ4n) is 2.09. The highest BCUT2D eigenvalue weighted by molar-refractivity contribution is 7.92. The van der Waals surface area contributed by atoms with Crippen LogP contribution in [-0.4, -0.2) is 28.5 Å². The van der Waals surface area contributed by atoms with Crippen molar-refractivity contribution in [1.29, 1.82) is 0 Å². The summed E-state index contributed by atoms with van der Waals surface area (Å²) in [4.78, 5) is 11.6. The summed E-state index contributed by atoms with van der Waals surface area (Å²) < 4.78 is 44.0. The van der Waals surface area contributed by atoms with Crippen LogP contribution in [0.1, 0.15) is 15.9 Å². The number of hydrogen-bond donors (Lipinski definition) is 0. The van der Waals surface area contributed by atoms with E-state index in [1.165, 1.54) is 32.4 Å². The molecule has 23 heavy (non-hydrogen) atoms. The molecular formula is C16H16FNO4S. The lowest BCUT2D eigenvalue weighted by Gasteiger charge is -2.22. The molecule has 0 saturated heterocycles. The topological polar surface area (TPSA) is 63.7 Å². The monoisotopic (exact) mass is 337 g/mol. The zero-order valence-electron chi connectivity index (χ0n) is 12.9. The van der Waals surface area contributed by atoms with Crippen molar-refractivity contribution in [2.24, 2.45) is 0 Å². The molecule has 2 aromatic carbocycles. The summed E-state index contributed by atoms with van der Waals surface area (Å²) >= 11 is 0. The first kappa shape index (κ1) is 17.0. The number of esters is 1. The molecule has 0 N–H and O–H groups in total. The van der Waals surface area contributed by atoms with Gasteiger partial charge in [0, 0.05) is 7.05 Å². The minimum Gasteiger partial charge on any atom is -0.465 e. The molecular weight excluding hydrogens is 321 g/mol. The van der Waals surface area contributed by atoms with Gasteiger partial charge in [0.15, 0.2) is 0 Å². The van der Waals surface area contributed by atoms with Crippen molar-refractivity contribution >= 4 is 21.7 Å². The molecule has 0 bridgehead atoms. The Morgan fingerprint density at radius 1 is 1.13 bits per heavy atom. The first-order chi connectivity index (χ1) is 10.8. The van der Waals surface area contributed by atoms with Crippen molar-refractivity contribution in [3.63, 3.8) is 0 Å². The highest BCUT2D eigenvalue weighted by atomic mass is 32.2. The Bertz CT molecular complexity index is 832. The highest BCUT2D eigenvalue weighted by Gasteiger charge is 2.23. The van der Waals surface area contributed by atoms with Gasteiger partial charge in [0.2, 0.25) is 0 Å². The Morgan fingerprint density at radius 3 is 2.30 bits per heavy atom. The summed E-state index contributed by atoms with van der Waals surface area (Å²) in [6.45, 7) is 1.73. The van der Waals surface area contributed by atoms with Gasteiger partial charge in [-0.3, -0.25) is 4.31 Å². The van der Waals surface area contributed by atoms with Gasteiger partial charge in [-0.25, -0.2) is 17.6 Å². The second-order valence-corrected chi connectivity index (χ2v) is 6.89. The molecule has 0 saturated carbocycles. The van der Waals surface area contributed by atoms with Crippen molar-refractivity contribution in [2.75, 3.05) is 18.5 Å². The predicted molar refractivity (Wildman–Crippen MR) is 84.5 cm³/mol. The quantitative estimate of drug-likeness (QED) is 0.805. The van der Waals surface area contributed by atoms with Crippen LogP contribution in [0.2, 0.25) is 0 Å². The normalized spacial score (nSPS) is 11.1. The molecule has 2 rings (SSSR count). The van der Waals surface area contributed by atoms with Crippen LogP contribution in [0.3, 0.4) is 0 Å². The SMILES string of the molecule is COC(=O)c1ccc(C)c(N(C)S(=O)(=O)c2ccc(F)cc2)c1. The van der Waals surface area contributed by atoms with E-state index in [-0.39, 0.29) is 10.5 Å². The van der Waals surface area contributed by atoms with Gasteiger partial charge in [0.1, 0.15) is 5.82 Å². The van der Waals surface area contributed by atoms with E-state index in [2.05, 4.69) is 4.74 Å². The van der Waals surface area contributed by atoms with Gasteiger partial charge in [0.05, 0.1) is 23.3 Å². The zero-order chi connectivity index (χ0) is 17.2. The second kappa shape index (κ2) is 6.37. The minimum atomic E-state index is -3.87. The van der Waals surface area contributed by atoms with E-state index in [0.29, 0.717) is 11.3 Å². The number of benzene rings is 2. The van der Waals surface area contributed by atoms with E-state index in [4.69, 9.17) is 0 Å². The van der Waals surface area contributed by atoms with Crippen LogP contribution < -0.4 is 4.31 Å². The van der Waals surface area contributed by atoms with Crippen LogP contribution >= 0.6 is 0 Å². The number of carbonyl (C=O) groups excluding carboxylic acids is 1. The number of hydrogen-bond acceptors (Lipinski definition) is 4. The number of methoxy groups -OCH3 is 1. The Kier molecular flexibility index (Phi) is 4.70. The third-order valence-corrected chi connectivity index (χ3v) is 5.23. The lowest BCUT2D eigenvalue weighted by molar-refractivity contribution is 0.0600. The van der Waals surface area contributed by atoms with Gasteiger partial charge in [-0.2, -0.15) is 0 Å². The number of halogens is 1. The maximum atomic E-state index is 13.0. The number of aryl methyl sites for hydroxylation is 1. The molecule has 0 aliphatic rings. The molecule has 5 nitrogen and oxygen atoms in total. The lowest BCUT2D eigenvalue weighted by atomic mass is 10.1.